The van der Waals surface area contributed by atoms with Crippen LogP contribution in [0, 0.1) is 0 Å². The molecule has 1 nitrogen and oxygen atoms in total. The highest BCUT2D eigenvalue weighted by molar-refractivity contribution is 6.30. The molecule has 0 aliphatic heterocycles. The van der Waals surface area contributed by atoms with Gasteiger partial charge in [0.1, 0.15) is 5.75 Å². The molecule has 0 heterocycles. The van der Waals surface area contributed by atoms with Crippen molar-refractivity contribution < 1.29 is 5.11 Å². The fourth-order valence-corrected chi connectivity index (χ4v) is 6.01. The average Bonchev–Trinajstić information content (AvgIpc) is 2.86. The van der Waals surface area contributed by atoms with E-state index in [0.717, 1.165) is 21.9 Å². The van der Waals surface area contributed by atoms with Crippen LogP contribution in [-0.2, 0) is 0 Å². The fraction of sp³-hybridized carbons (Fsp3) is 0. The number of rotatable bonds is 1. The largest absolute Gasteiger partial charge is 0.507 e. The van der Waals surface area contributed by atoms with Gasteiger partial charge in [-0.25, -0.2) is 0 Å². The minimum atomic E-state index is 0.335. The average molecular weight is 418 g/mol. The monoisotopic (exact) mass is 418 g/mol. The van der Waals surface area contributed by atoms with E-state index >= 15 is 0 Å². The summed E-state index contributed by atoms with van der Waals surface area (Å²) in [5.74, 6) is 0.335. The Hall–Kier alpha value is -4.36. The highest BCUT2D eigenvalue weighted by Gasteiger charge is 2.18. The first-order valence-electron chi connectivity index (χ1n) is 11.3. The maximum atomic E-state index is 11.1. The number of phenolic OH excluding ortho intramolecular Hbond substituents is 1. The zero-order valence-corrected chi connectivity index (χ0v) is 17.8. The molecule has 0 aliphatic rings. The zero-order chi connectivity index (χ0) is 21.7. The number of hydrogen-bond acceptors (Lipinski definition) is 1. The topological polar surface area (TPSA) is 20.2 Å². The molecule has 0 saturated heterocycles. The zero-order valence-electron chi connectivity index (χ0n) is 17.8. The maximum absolute atomic E-state index is 11.1. The van der Waals surface area contributed by atoms with Crippen molar-refractivity contribution in [3.05, 3.63) is 103 Å². The molecule has 0 atom stereocenters. The number of aromatic hydroxyl groups is 1. The van der Waals surface area contributed by atoms with Crippen LogP contribution in [0.3, 0.4) is 0 Å². The molecule has 0 amide bonds. The minimum Gasteiger partial charge on any atom is -0.507 e. The molecule has 0 saturated carbocycles. The quantitative estimate of drug-likeness (QED) is 0.264. The van der Waals surface area contributed by atoms with E-state index in [0.29, 0.717) is 5.75 Å². The van der Waals surface area contributed by atoms with Crippen molar-refractivity contribution in [1.29, 1.82) is 0 Å². The Morgan fingerprint density at radius 3 is 1.45 bits per heavy atom. The van der Waals surface area contributed by atoms with Gasteiger partial charge in [-0.3, -0.25) is 0 Å². The molecule has 0 fully saturated rings. The van der Waals surface area contributed by atoms with Gasteiger partial charge < -0.3 is 5.11 Å². The Bertz CT molecular complexity index is 2000. The first-order valence-corrected chi connectivity index (χ1v) is 11.3. The van der Waals surface area contributed by atoms with E-state index in [-0.39, 0.29) is 0 Å². The van der Waals surface area contributed by atoms with E-state index in [4.69, 9.17) is 0 Å². The van der Waals surface area contributed by atoms with Gasteiger partial charge in [-0.05, 0) is 71.1 Å². The lowest BCUT2D eigenvalue weighted by Crippen LogP contribution is -1.90. The molecule has 0 radical (unpaired) electrons. The maximum Gasteiger partial charge on any atom is 0.124 e. The smallest absolute Gasteiger partial charge is 0.124 e. The van der Waals surface area contributed by atoms with Crippen LogP contribution in [0.25, 0.3) is 75.8 Å². The molecule has 152 valence electrons. The van der Waals surface area contributed by atoms with Crippen LogP contribution in [0.4, 0.5) is 0 Å². The molecule has 33 heavy (non-hydrogen) atoms. The van der Waals surface area contributed by atoms with E-state index in [1.165, 1.54) is 53.9 Å². The molecule has 1 N–H and O–H groups in total. The molecule has 8 aromatic carbocycles. The van der Waals surface area contributed by atoms with Crippen LogP contribution in [0.2, 0.25) is 0 Å². The van der Waals surface area contributed by atoms with Gasteiger partial charge >= 0.3 is 0 Å². The number of benzene rings is 8. The van der Waals surface area contributed by atoms with Gasteiger partial charge in [-0.1, -0.05) is 97.1 Å². The van der Waals surface area contributed by atoms with Crippen molar-refractivity contribution in [3.8, 4) is 16.9 Å². The normalized spacial score (nSPS) is 12.4. The molecule has 8 rings (SSSR count). The van der Waals surface area contributed by atoms with Crippen molar-refractivity contribution in [2.45, 2.75) is 0 Å². The van der Waals surface area contributed by atoms with Crippen molar-refractivity contribution >= 4 is 64.6 Å². The third-order valence-electron chi connectivity index (χ3n) is 7.44. The van der Waals surface area contributed by atoms with Crippen LogP contribution in [-0.4, -0.2) is 5.11 Å². The first-order chi connectivity index (χ1) is 16.3. The Labute approximate surface area is 189 Å². The van der Waals surface area contributed by atoms with Crippen molar-refractivity contribution in [2.24, 2.45) is 0 Å². The van der Waals surface area contributed by atoms with E-state index < -0.39 is 0 Å². The molecule has 0 aromatic heterocycles. The van der Waals surface area contributed by atoms with Gasteiger partial charge in [0, 0.05) is 10.8 Å². The summed E-state index contributed by atoms with van der Waals surface area (Å²) in [5.41, 5.74) is 2.24. The highest BCUT2D eigenvalue weighted by atomic mass is 16.3. The summed E-state index contributed by atoms with van der Waals surface area (Å²) in [6.45, 7) is 0. The highest BCUT2D eigenvalue weighted by Crippen LogP contribution is 2.46. The predicted octanol–water partition coefficient (Wildman–Crippen LogP) is 8.85. The molecule has 1 heteroatoms. The van der Waals surface area contributed by atoms with Gasteiger partial charge in [-0.2, -0.15) is 0 Å². The Kier molecular flexibility index (Phi) is 3.08. The molecule has 0 bridgehead atoms. The van der Waals surface area contributed by atoms with E-state index in [2.05, 4.69) is 91.0 Å². The molecule has 0 spiro atoms. The summed E-state index contributed by atoms with van der Waals surface area (Å²) in [7, 11) is 0. The van der Waals surface area contributed by atoms with Crippen molar-refractivity contribution in [2.75, 3.05) is 0 Å². The summed E-state index contributed by atoms with van der Waals surface area (Å²) in [6.07, 6.45) is 0. The SMILES string of the molecule is Oc1cc(-c2ccc3ccc4cccc5ccc2c3c45)c2ccc3cccc4ccc1c2c43. The summed E-state index contributed by atoms with van der Waals surface area (Å²) in [6, 6.07) is 36.8. The Morgan fingerprint density at radius 2 is 0.818 bits per heavy atom. The van der Waals surface area contributed by atoms with Gasteiger partial charge in [0.15, 0.2) is 0 Å². The molecule has 0 unspecified atom stereocenters. The van der Waals surface area contributed by atoms with E-state index in [1.807, 2.05) is 12.1 Å². The Morgan fingerprint density at radius 1 is 0.364 bits per heavy atom. The van der Waals surface area contributed by atoms with Crippen LogP contribution in [0.5, 0.6) is 5.75 Å². The Balaban J connectivity index is 1.58. The summed E-state index contributed by atoms with van der Waals surface area (Å²) in [5, 5.41) is 25.6. The van der Waals surface area contributed by atoms with E-state index in [9.17, 15) is 5.11 Å². The van der Waals surface area contributed by atoms with Crippen LogP contribution >= 0.6 is 0 Å². The summed E-state index contributed by atoms with van der Waals surface area (Å²) < 4.78 is 0. The van der Waals surface area contributed by atoms with Gasteiger partial charge in [0.05, 0.1) is 0 Å². The van der Waals surface area contributed by atoms with Crippen molar-refractivity contribution in [1.82, 2.24) is 0 Å². The van der Waals surface area contributed by atoms with Crippen LogP contribution in [0.15, 0.2) is 103 Å². The lowest BCUT2D eigenvalue weighted by atomic mass is 9.86. The standard InChI is InChI=1S/C32H18O/c33-28-17-27(25-15-11-20-5-2-6-21-12-16-26(28)32(25)30(20)21)23-13-9-22-8-7-18-3-1-4-19-10-14-24(23)31(22)29(18)19/h1-17,33H. The van der Waals surface area contributed by atoms with Gasteiger partial charge in [0.2, 0.25) is 0 Å². The van der Waals surface area contributed by atoms with Crippen LogP contribution in [0.1, 0.15) is 0 Å². The van der Waals surface area contributed by atoms with E-state index in [1.54, 1.807) is 0 Å². The lowest BCUT2D eigenvalue weighted by molar-refractivity contribution is 0.482. The third-order valence-corrected chi connectivity index (χ3v) is 7.44. The molecular formula is C32H18O. The number of hydrogen-bond donors (Lipinski definition) is 1. The molecule has 8 aromatic rings. The van der Waals surface area contributed by atoms with Crippen molar-refractivity contribution in [3.63, 3.8) is 0 Å². The second kappa shape index (κ2) is 5.90. The summed E-state index contributed by atoms with van der Waals surface area (Å²) >= 11 is 0. The first kappa shape index (κ1) is 17.2. The van der Waals surface area contributed by atoms with Gasteiger partial charge in [-0.15, -0.1) is 0 Å². The minimum absolute atomic E-state index is 0.335. The number of phenols is 1. The summed E-state index contributed by atoms with van der Waals surface area (Å²) in [4.78, 5) is 0. The second-order valence-corrected chi connectivity index (χ2v) is 9.09. The second-order valence-electron chi connectivity index (χ2n) is 9.09. The van der Waals surface area contributed by atoms with Gasteiger partial charge in [0.25, 0.3) is 0 Å². The van der Waals surface area contributed by atoms with Crippen LogP contribution < -0.4 is 0 Å². The fourth-order valence-electron chi connectivity index (χ4n) is 6.01. The molecular weight excluding hydrogens is 400 g/mol. The third kappa shape index (κ3) is 2.12. The lowest BCUT2D eigenvalue weighted by Gasteiger charge is -2.18. The molecule has 0 aliphatic carbocycles. The predicted molar refractivity (Wildman–Crippen MR) is 141 cm³/mol.